The maximum Gasteiger partial charge on any atom is 0.374 e. The van der Waals surface area contributed by atoms with Gasteiger partial charge in [0, 0.05) is 4.47 Å². The molecule has 0 aliphatic heterocycles. The molecule has 2 rings (SSSR count). The molecule has 0 unspecified atom stereocenters. The molecule has 0 aliphatic rings. The van der Waals surface area contributed by atoms with Crippen LogP contribution in [0.1, 0.15) is 18.1 Å². The van der Waals surface area contributed by atoms with E-state index in [2.05, 4.69) is 15.9 Å². The van der Waals surface area contributed by atoms with E-state index in [1.165, 1.54) is 0 Å². The molecule has 0 amide bonds. The molecular formula is C18H17BrO3. The van der Waals surface area contributed by atoms with Crippen molar-refractivity contribution in [3.8, 4) is 5.75 Å². The van der Waals surface area contributed by atoms with Gasteiger partial charge >= 0.3 is 5.97 Å². The van der Waals surface area contributed by atoms with Gasteiger partial charge in [-0.25, -0.2) is 4.79 Å². The van der Waals surface area contributed by atoms with Gasteiger partial charge in [-0.1, -0.05) is 45.8 Å². The lowest BCUT2D eigenvalue weighted by atomic mass is 10.2. The van der Waals surface area contributed by atoms with Crippen molar-refractivity contribution in [3.63, 3.8) is 0 Å². The van der Waals surface area contributed by atoms with E-state index in [9.17, 15) is 4.79 Å². The maximum absolute atomic E-state index is 12.1. The van der Waals surface area contributed by atoms with Crippen LogP contribution in [0.15, 0.2) is 58.8 Å². The topological polar surface area (TPSA) is 35.5 Å². The van der Waals surface area contributed by atoms with Gasteiger partial charge in [-0.3, -0.25) is 0 Å². The molecule has 0 radical (unpaired) electrons. The predicted octanol–water partition coefficient (Wildman–Crippen LogP) is 4.74. The van der Waals surface area contributed by atoms with Crippen LogP contribution in [0.2, 0.25) is 0 Å². The molecule has 0 saturated heterocycles. The lowest BCUT2D eigenvalue weighted by Gasteiger charge is -2.10. The standard InChI is InChI=1S/C18H17BrO3/c1-3-21-18(20)17(12-14-6-8-15(19)9-7-14)22-16-10-4-13(2)5-11-16/h4-12H,3H2,1-2H3/b17-12-. The average Bonchev–Trinajstić information content (AvgIpc) is 2.51. The highest BCUT2D eigenvalue weighted by Gasteiger charge is 2.13. The number of esters is 1. The highest BCUT2D eigenvalue weighted by Crippen LogP contribution is 2.19. The van der Waals surface area contributed by atoms with E-state index in [-0.39, 0.29) is 5.76 Å². The van der Waals surface area contributed by atoms with Crippen molar-refractivity contribution < 1.29 is 14.3 Å². The molecule has 0 spiro atoms. The quantitative estimate of drug-likeness (QED) is 0.438. The van der Waals surface area contributed by atoms with E-state index in [1.54, 1.807) is 13.0 Å². The summed E-state index contributed by atoms with van der Waals surface area (Å²) in [7, 11) is 0. The number of rotatable bonds is 5. The second-order valence-corrected chi connectivity index (χ2v) is 5.61. The number of benzene rings is 2. The first-order chi connectivity index (χ1) is 10.6. The summed E-state index contributed by atoms with van der Waals surface area (Å²) in [6, 6.07) is 15.1. The van der Waals surface area contributed by atoms with Crippen molar-refractivity contribution in [2.75, 3.05) is 6.61 Å². The molecule has 0 atom stereocenters. The average molecular weight is 361 g/mol. The first-order valence-corrected chi connectivity index (χ1v) is 7.76. The van der Waals surface area contributed by atoms with Gasteiger partial charge in [-0.2, -0.15) is 0 Å². The van der Waals surface area contributed by atoms with Crippen molar-refractivity contribution in [2.45, 2.75) is 13.8 Å². The molecular weight excluding hydrogens is 344 g/mol. The van der Waals surface area contributed by atoms with E-state index in [0.717, 1.165) is 15.6 Å². The van der Waals surface area contributed by atoms with Crippen LogP contribution in [0.5, 0.6) is 5.75 Å². The van der Waals surface area contributed by atoms with Gasteiger partial charge in [-0.15, -0.1) is 0 Å². The summed E-state index contributed by atoms with van der Waals surface area (Å²) in [5, 5.41) is 0. The Hall–Kier alpha value is -2.07. The smallest absolute Gasteiger partial charge is 0.374 e. The summed E-state index contributed by atoms with van der Waals surface area (Å²) >= 11 is 3.38. The zero-order chi connectivity index (χ0) is 15.9. The highest BCUT2D eigenvalue weighted by molar-refractivity contribution is 9.10. The third-order valence-electron chi connectivity index (χ3n) is 2.89. The van der Waals surface area contributed by atoms with Crippen molar-refractivity contribution in [3.05, 3.63) is 69.9 Å². The van der Waals surface area contributed by atoms with Crippen molar-refractivity contribution in [2.24, 2.45) is 0 Å². The fourth-order valence-electron chi connectivity index (χ4n) is 1.78. The summed E-state index contributed by atoms with van der Waals surface area (Å²) in [6.07, 6.45) is 1.67. The minimum absolute atomic E-state index is 0.160. The Balaban J connectivity index is 2.27. The number of halogens is 1. The predicted molar refractivity (Wildman–Crippen MR) is 90.6 cm³/mol. The summed E-state index contributed by atoms with van der Waals surface area (Å²) < 4.78 is 11.7. The summed E-state index contributed by atoms with van der Waals surface area (Å²) in [5.74, 6) is 0.279. The number of carbonyl (C=O) groups excluding carboxylic acids is 1. The van der Waals surface area contributed by atoms with Crippen LogP contribution in [0.25, 0.3) is 6.08 Å². The molecule has 22 heavy (non-hydrogen) atoms. The molecule has 114 valence electrons. The molecule has 2 aromatic rings. The molecule has 3 nitrogen and oxygen atoms in total. The minimum Gasteiger partial charge on any atom is -0.460 e. The Labute approximate surface area is 138 Å². The van der Waals surface area contributed by atoms with Gasteiger partial charge < -0.3 is 9.47 Å². The third-order valence-corrected chi connectivity index (χ3v) is 3.42. The normalized spacial score (nSPS) is 11.1. The van der Waals surface area contributed by atoms with Gasteiger partial charge in [0.25, 0.3) is 0 Å². The molecule has 0 N–H and O–H groups in total. The lowest BCUT2D eigenvalue weighted by molar-refractivity contribution is -0.140. The monoisotopic (exact) mass is 360 g/mol. The minimum atomic E-state index is -0.481. The van der Waals surface area contributed by atoms with Crippen LogP contribution < -0.4 is 4.74 Å². The van der Waals surface area contributed by atoms with Gasteiger partial charge in [0.2, 0.25) is 5.76 Å². The van der Waals surface area contributed by atoms with Gasteiger partial charge in [0.05, 0.1) is 6.61 Å². The van der Waals surface area contributed by atoms with E-state index < -0.39 is 5.97 Å². The van der Waals surface area contributed by atoms with Crippen LogP contribution in [0.3, 0.4) is 0 Å². The highest BCUT2D eigenvalue weighted by atomic mass is 79.9. The van der Waals surface area contributed by atoms with Crippen molar-refractivity contribution in [1.29, 1.82) is 0 Å². The second-order valence-electron chi connectivity index (χ2n) is 4.70. The SMILES string of the molecule is CCOC(=O)/C(=C/c1ccc(Br)cc1)Oc1ccc(C)cc1. The van der Waals surface area contributed by atoms with Gasteiger partial charge in [0.15, 0.2) is 0 Å². The summed E-state index contributed by atoms with van der Waals surface area (Å²) in [6.45, 7) is 4.06. The Kier molecular flexibility index (Phi) is 5.78. The lowest BCUT2D eigenvalue weighted by Crippen LogP contribution is -2.12. The van der Waals surface area contributed by atoms with Crippen molar-refractivity contribution in [1.82, 2.24) is 0 Å². The molecule has 4 heteroatoms. The molecule has 0 aromatic heterocycles. The molecule has 0 bridgehead atoms. The molecule has 2 aromatic carbocycles. The van der Waals surface area contributed by atoms with E-state index in [1.807, 2.05) is 55.5 Å². The Morgan fingerprint density at radius 2 is 1.73 bits per heavy atom. The van der Waals surface area contributed by atoms with E-state index in [0.29, 0.717) is 12.4 Å². The summed E-state index contributed by atoms with van der Waals surface area (Å²) in [5.41, 5.74) is 1.99. The van der Waals surface area contributed by atoms with Crippen LogP contribution in [-0.4, -0.2) is 12.6 Å². The molecule has 0 saturated carbocycles. The zero-order valence-electron chi connectivity index (χ0n) is 12.5. The zero-order valence-corrected chi connectivity index (χ0v) is 14.1. The Bertz CT molecular complexity index is 658. The van der Waals surface area contributed by atoms with Crippen LogP contribution in [0.4, 0.5) is 0 Å². The fraction of sp³-hybridized carbons (Fsp3) is 0.167. The molecule has 0 fully saturated rings. The first-order valence-electron chi connectivity index (χ1n) is 6.97. The first kappa shape index (κ1) is 16.3. The fourth-order valence-corrected chi connectivity index (χ4v) is 2.04. The second kappa shape index (κ2) is 7.80. The number of hydrogen-bond acceptors (Lipinski definition) is 3. The molecule has 0 aliphatic carbocycles. The number of aryl methyl sites for hydroxylation is 1. The van der Waals surface area contributed by atoms with Crippen molar-refractivity contribution >= 4 is 28.0 Å². The van der Waals surface area contributed by atoms with Gasteiger partial charge in [0.1, 0.15) is 5.75 Å². The van der Waals surface area contributed by atoms with Crippen LogP contribution in [-0.2, 0) is 9.53 Å². The largest absolute Gasteiger partial charge is 0.460 e. The van der Waals surface area contributed by atoms with E-state index >= 15 is 0 Å². The summed E-state index contributed by atoms with van der Waals surface area (Å²) in [4.78, 5) is 12.1. The Morgan fingerprint density at radius 3 is 2.32 bits per heavy atom. The number of hydrogen-bond donors (Lipinski definition) is 0. The molecule has 0 heterocycles. The van der Waals surface area contributed by atoms with Crippen LogP contribution >= 0.6 is 15.9 Å². The number of carbonyl (C=O) groups is 1. The third kappa shape index (κ3) is 4.74. The van der Waals surface area contributed by atoms with E-state index in [4.69, 9.17) is 9.47 Å². The maximum atomic E-state index is 12.1. The van der Waals surface area contributed by atoms with Gasteiger partial charge in [-0.05, 0) is 49.8 Å². The number of ether oxygens (including phenoxy) is 2. The van der Waals surface area contributed by atoms with Crippen LogP contribution in [0, 0.1) is 6.92 Å². The Morgan fingerprint density at radius 1 is 1.09 bits per heavy atom.